The summed E-state index contributed by atoms with van der Waals surface area (Å²) < 4.78 is 0. The van der Waals surface area contributed by atoms with Gasteiger partial charge in [0, 0.05) is 17.8 Å². The summed E-state index contributed by atoms with van der Waals surface area (Å²) in [7, 11) is 1.80. The van der Waals surface area contributed by atoms with Gasteiger partial charge in [-0.2, -0.15) is 11.3 Å². The van der Waals surface area contributed by atoms with E-state index in [2.05, 4.69) is 15.6 Å². The van der Waals surface area contributed by atoms with Crippen molar-refractivity contribution in [3.63, 3.8) is 0 Å². The van der Waals surface area contributed by atoms with Crippen LogP contribution < -0.4 is 10.6 Å². The molecule has 0 saturated heterocycles. The predicted octanol–water partition coefficient (Wildman–Crippen LogP) is 3.59. The molecule has 100 valence electrons. The van der Waals surface area contributed by atoms with Crippen LogP contribution in [0.2, 0.25) is 0 Å². The Morgan fingerprint density at radius 3 is 2.85 bits per heavy atom. The van der Waals surface area contributed by atoms with Gasteiger partial charge in [0.2, 0.25) is 0 Å². The second-order valence-corrected chi connectivity index (χ2v) is 5.07. The van der Waals surface area contributed by atoms with E-state index in [4.69, 9.17) is 0 Å². The molecule has 0 aliphatic rings. The van der Waals surface area contributed by atoms with Gasteiger partial charge in [0.25, 0.3) is 5.91 Å². The summed E-state index contributed by atoms with van der Waals surface area (Å²) in [6.07, 6.45) is 0. The molecule has 0 bridgehead atoms. The van der Waals surface area contributed by atoms with E-state index in [-0.39, 0.29) is 5.91 Å². The Balaban J connectivity index is 2.01. The van der Waals surface area contributed by atoms with Gasteiger partial charge in [0.15, 0.2) is 0 Å². The molecular weight excluding hydrogens is 270 g/mol. The average Bonchev–Trinajstić information content (AvgIpc) is 2.99. The number of amides is 1. The minimum absolute atomic E-state index is 0.203. The van der Waals surface area contributed by atoms with Gasteiger partial charge in [-0.15, -0.1) is 0 Å². The third-order valence-electron chi connectivity index (χ3n) is 2.99. The number of anilines is 2. The van der Waals surface area contributed by atoms with E-state index in [1.807, 2.05) is 41.1 Å². The molecule has 2 heterocycles. The third-order valence-corrected chi connectivity index (χ3v) is 3.67. The quantitative estimate of drug-likeness (QED) is 0.772. The average molecular weight is 283 g/mol. The standard InChI is InChI=1S/C15H13N3OS/c1-16-14-12-5-3-2-4-10(12)8-13(18-14)15(19)17-11-6-7-20-9-11/h2-9H,1H3,(H,16,18)(H,17,19). The molecule has 0 aliphatic carbocycles. The second kappa shape index (κ2) is 5.30. The molecule has 0 radical (unpaired) electrons. The topological polar surface area (TPSA) is 54.0 Å². The Morgan fingerprint density at radius 2 is 2.10 bits per heavy atom. The summed E-state index contributed by atoms with van der Waals surface area (Å²) >= 11 is 1.54. The molecule has 0 spiro atoms. The van der Waals surface area contributed by atoms with Crippen molar-refractivity contribution in [1.82, 2.24) is 4.98 Å². The molecule has 3 aromatic rings. The summed E-state index contributed by atoms with van der Waals surface area (Å²) in [6.45, 7) is 0. The first-order valence-corrected chi connectivity index (χ1v) is 7.13. The summed E-state index contributed by atoms with van der Waals surface area (Å²) in [5, 5.41) is 11.7. The van der Waals surface area contributed by atoms with Crippen LogP contribution in [0.1, 0.15) is 10.5 Å². The predicted molar refractivity (Wildman–Crippen MR) is 83.6 cm³/mol. The molecule has 0 unspecified atom stereocenters. The number of benzene rings is 1. The lowest BCUT2D eigenvalue weighted by molar-refractivity contribution is 0.102. The van der Waals surface area contributed by atoms with Crippen molar-refractivity contribution in [1.29, 1.82) is 0 Å². The van der Waals surface area contributed by atoms with E-state index >= 15 is 0 Å². The first-order valence-electron chi connectivity index (χ1n) is 6.19. The SMILES string of the molecule is CNc1nc(C(=O)Nc2ccsc2)cc2ccccc12. The molecule has 0 atom stereocenters. The van der Waals surface area contributed by atoms with Crippen molar-refractivity contribution in [3.05, 3.63) is 52.9 Å². The molecular formula is C15H13N3OS. The molecule has 20 heavy (non-hydrogen) atoms. The maximum absolute atomic E-state index is 12.2. The molecule has 0 fully saturated rings. The van der Waals surface area contributed by atoms with Crippen LogP contribution >= 0.6 is 11.3 Å². The molecule has 0 saturated carbocycles. The summed E-state index contributed by atoms with van der Waals surface area (Å²) in [5.41, 5.74) is 1.19. The normalized spacial score (nSPS) is 10.4. The highest BCUT2D eigenvalue weighted by atomic mass is 32.1. The lowest BCUT2D eigenvalue weighted by Gasteiger charge is -2.08. The highest BCUT2D eigenvalue weighted by Gasteiger charge is 2.11. The fourth-order valence-electron chi connectivity index (χ4n) is 2.04. The number of nitrogens with zero attached hydrogens (tertiary/aromatic N) is 1. The Morgan fingerprint density at radius 1 is 1.25 bits per heavy atom. The van der Waals surface area contributed by atoms with Crippen LogP contribution in [-0.4, -0.2) is 17.9 Å². The van der Waals surface area contributed by atoms with Gasteiger partial charge in [-0.3, -0.25) is 4.79 Å². The number of hydrogen-bond acceptors (Lipinski definition) is 4. The Bertz CT molecular complexity index is 753. The fourth-order valence-corrected chi connectivity index (χ4v) is 2.62. The zero-order valence-corrected chi connectivity index (χ0v) is 11.7. The summed E-state index contributed by atoms with van der Waals surface area (Å²) in [5.74, 6) is 0.504. The molecule has 1 aromatic carbocycles. The van der Waals surface area contributed by atoms with Crippen LogP contribution in [0.25, 0.3) is 10.8 Å². The van der Waals surface area contributed by atoms with Crippen LogP contribution in [0.15, 0.2) is 47.2 Å². The van der Waals surface area contributed by atoms with Gasteiger partial charge >= 0.3 is 0 Å². The van der Waals surface area contributed by atoms with Crippen molar-refractivity contribution in [2.24, 2.45) is 0 Å². The van der Waals surface area contributed by atoms with Gasteiger partial charge in [-0.1, -0.05) is 24.3 Å². The Kier molecular flexibility index (Phi) is 3.35. The first kappa shape index (κ1) is 12.6. The number of pyridine rings is 1. The lowest BCUT2D eigenvalue weighted by Crippen LogP contribution is -2.14. The van der Waals surface area contributed by atoms with Gasteiger partial charge in [0.05, 0.1) is 5.69 Å². The number of carbonyl (C=O) groups excluding carboxylic acids is 1. The molecule has 2 aromatic heterocycles. The summed E-state index contributed by atoms with van der Waals surface area (Å²) in [6, 6.07) is 11.5. The van der Waals surface area contributed by atoms with E-state index in [9.17, 15) is 4.79 Å². The van der Waals surface area contributed by atoms with E-state index in [0.29, 0.717) is 11.5 Å². The van der Waals surface area contributed by atoms with Crippen LogP contribution in [0.4, 0.5) is 11.5 Å². The van der Waals surface area contributed by atoms with E-state index in [1.165, 1.54) is 11.3 Å². The van der Waals surface area contributed by atoms with Gasteiger partial charge in [-0.05, 0) is 22.9 Å². The second-order valence-electron chi connectivity index (χ2n) is 4.29. The van der Waals surface area contributed by atoms with Crippen LogP contribution in [-0.2, 0) is 0 Å². The number of nitrogens with one attached hydrogen (secondary N) is 2. The molecule has 5 heteroatoms. The minimum Gasteiger partial charge on any atom is -0.373 e. The van der Waals surface area contributed by atoms with E-state index < -0.39 is 0 Å². The smallest absolute Gasteiger partial charge is 0.274 e. The monoisotopic (exact) mass is 283 g/mol. The van der Waals surface area contributed by atoms with Crippen LogP contribution in [0.5, 0.6) is 0 Å². The lowest BCUT2D eigenvalue weighted by atomic mass is 10.1. The number of hydrogen-bond donors (Lipinski definition) is 2. The van der Waals surface area contributed by atoms with Crippen molar-refractivity contribution in [3.8, 4) is 0 Å². The maximum atomic E-state index is 12.2. The van der Waals surface area contributed by atoms with Crippen LogP contribution in [0.3, 0.4) is 0 Å². The van der Waals surface area contributed by atoms with Crippen molar-refractivity contribution < 1.29 is 4.79 Å². The highest BCUT2D eigenvalue weighted by Crippen LogP contribution is 2.22. The zero-order chi connectivity index (χ0) is 13.9. The number of fused-ring (bicyclic) bond motifs is 1. The van der Waals surface area contributed by atoms with Crippen molar-refractivity contribution in [2.75, 3.05) is 17.7 Å². The minimum atomic E-state index is -0.203. The first-order chi connectivity index (χ1) is 9.78. The largest absolute Gasteiger partial charge is 0.373 e. The summed E-state index contributed by atoms with van der Waals surface area (Å²) in [4.78, 5) is 16.6. The van der Waals surface area contributed by atoms with Gasteiger partial charge in [-0.25, -0.2) is 4.98 Å². The number of rotatable bonds is 3. The highest BCUT2D eigenvalue weighted by molar-refractivity contribution is 7.08. The fraction of sp³-hybridized carbons (Fsp3) is 0.0667. The number of thiophene rings is 1. The number of aromatic nitrogens is 1. The zero-order valence-electron chi connectivity index (χ0n) is 10.9. The Hall–Kier alpha value is -2.40. The Labute approximate surface area is 120 Å². The molecule has 0 aliphatic heterocycles. The van der Waals surface area contributed by atoms with E-state index in [0.717, 1.165) is 16.5 Å². The van der Waals surface area contributed by atoms with E-state index in [1.54, 1.807) is 13.1 Å². The maximum Gasteiger partial charge on any atom is 0.274 e. The van der Waals surface area contributed by atoms with Gasteiger partial charge in [0.1, 0.15) is 11.5 Å². The van der Waals surface area contributed by atoms with Crippen molar-refractivity contribution in [2.45, 2.75) is 0 Å². The molecule has 4 nitrogen and oxygen atoms in total. The number of carbonyl (C=O) groups is 1. The van der Waals surface area contributed by atoms with Crippen molar-refractivity contribution >= 4 is 39.5 Å². The van der Waals surface area contributed by atoms with Gasteiger partial charge < -0.3 is 10.6 Å². The molecule has 2 N–H and O–H groups in total. The molecule has 1 amide bonds. The van der Waals surface area contributed by atoms with Crippen LogP contribution in [0, 0.1) is 0 Å². The molecule has 3 rings (SSSR count). The third kappa shape index (κ3) is 2.35.